The van der Waals surface area contributed by atoms with Gasteiger partial charge in [-0.15, -0.1) is 0 Å². The van der Waals surface area contributed by atoms with E-state index in [2.05, 4.69) is 0 Å². The molecule has 1 aromatic carbocycles. The van der Waals surface area contributed by atoms with Gasteiger partial charge in [-0.05, 0) is 23.8 Å². The van der Waals surface area contributed by atoms with Gasteiger partial charge in [0.15, 0.2) is 0 Å². The second-order valence-corrected chi connectivity index (χ2v) is 4.29. The third-order valence-electron chi connectivity index (χ3n) is 2.88. The number of rotatable bonds is 3. The molecule has 0 bridgehead atoms. The summed E-state index contributed by atoms with van der Waals surface area (Å²) in [4.78, 5) is 13.4. The Balaban J connectivity index is 1.88. The van der Waals surface area contributed by atoms with Gasteiger partial charge in [-0.2, -0.15) is 0 Å². The van der Waals surface area contributed by atoms with Crippen molar-refractivity contribution in [3.63, 3.8) is 0 Å². The first-order valence-electron chi connectivity index (χ1n) is 5.62. The molecule has 90 valence electrons. The predicted molar refractivity (Wildman–Crippen MR) is 67.0 cm³/mol. The number of hydrogen-bond acceptors (Lipinski definition) is 3. The van der Waals surface area contributed by atoms with E-state index in [1.54, 1.807) is 29.2 Å². The first-order valence-corrected chi connectivity index (χ1v) is 5.62. The van der Waals surface area contributed by atoms with E-state index < -0.39 is 0 Å². The molecule has 1 aliphatic heterocycles. The number of nitrogen functional groups attached to an aromatic ring is 1. The van der Waals surface area contributed by atoms with E-state index >= 15 is 0 Å². The van der Waals surface area contributed by atoms with Gasteiger partial charge in [-0.3, -0.25) is 4.79 Å². The minimum atomic E-state index is -0.00785. The first-order chi connectivity index (χ1) is 8.19. The fourth-order valence-electron chi connectivity index (χ4n) is 1.75. The highest BCUT2D eigenvalue weighted by atomic mass is 16.3. The Morgan fingerprint density at radius 2 is 2.06 bits per heavy atom. The zero-order valence-corrected chi connectivity index (χ0v) is 9.54. The number of aliphatic hydroxyl groups is 1. The van der Waals surface area contributed by atoms with E-state index in [1.807, 2.05) is 12.1 Å². The minimum absolute atomic E-state index is 0.00785. The number of carbonyl (C=O) groups excluding carboxylic acids is 1. The molecule has 17 heavy (non-hydrogen) atoms. The van der Waals surface area contributed by atoms with Gasteiger partial charge in [0, 0.05) is 37.4 Å². The monoisotopic (exact) mass is 232 g/mol. The van der Waals surface area contributed by atoms with Crippen molar-refractivity contribution in [1.82, 2.24) is 4.90 Å². The third kappa shape index (κ3) is 2.85. The van der Waals surface area contributed by atoms with Crippen LogP contribution in [0.3, 0.4) is 0 Å². The molecule has 1 fully saturated rings. The number of benzene rings is 1. The molecule has 4 nitrogen and oxygen atoms in total. The second-order valence-electron chi connectivity index (χ2n) is 4.29. The highest BCUT2D eigenvalue weighted by Gasteiger charge is 2.28. The van der Waals surface area contributed by atoms with Crippen LogP contribution in [0.15, 0.2) is 30.3 Å². The number of aliphatic hydroxyl groups excluding tert-OH is 1. The SMILES string of the molecule is Nc1ccc(/C=C/C(=O)N2CC(CO)C2)cc1. The number of hydrogen-bond donors (Lipinski definition) is 2. The summed E-state index contributed by atoms with van der Waals surface area (Å²) in [6.07, 6.45) is 3.33. The van der Waals surface area contributed by atoms with Crippen LogP contribution in [-0.2, 0) is 4.79 Å². The van der Waals surface area contributed by atoms with Crippen LogP contribution in [0.25, 0.3) is 6.08 Å². The Bertz CT molecular complexity index is 420. The van der Waals surface area contributed by atoms with Gasteiger partial charge in [0.05, 0.1) is 0 Å². The summed E-state index contributed by atoms with van der Waals surface area (Å²) in [6.45, 7) is 1.47. The smallest absolute Gasteiger partial charge is 0.246 e. The molecule has 3 N–H and O–H groups in total. The number of anilines is 1. The summed E-state index contributed by atoms with van der Waals surface area (Å²) in [7, 11) is 0. The van der Waals surface area contributed by atoms with Crippen LogP contribution in [0, 0.1) is 5.92 Å². The lowest BCUT2D eigenvalue weighted by Crippen LogP contribution is -2.50. The Morgan fingerprint density at radius 3 is 2.65 bits per heavy atom. The van der Waals surface area contributed by atoms with Crippen molar-refractivity contribution < 1.29 is 9.90 Å². The topological polar surface area (TPSA) is 66.6 Å². The molecule has 0 aromatic heterocycles. The molecule has 1 aromatic rings. The van der Waals surface area contributed by atoms with Gasteiger partial charge >= 0.3 is 0 Å². The molecule has 0 aliphatic carbocycles. The third-order valence-corrected chi connectivity index (χ3v) is 2.88. The Hall–Kier alpha value is -1.81. The maximum Gasteiger partial charge on any atom is 0.246 e. The zero-order valence-electron chi connectivity index (χ0n) is 9.54. The molecule has 0 radical (unpaired) electrons. The average Bonchev–Trinajstić information content (AvgIpc) is 2.27. The maximum absolute atomic E-state index is 11.7. The van der Waals surface area contributed by atoms with Gasteiger partial charge < -0.3 is 15.7 Å². The molecule has 1 saturated heterocycles. The molecule has 0 atom stereocenters. The van der Waals surface area contributed by atoms with Gasteiger partial charge in [-0.25, -0.2) is 0 Å². The highest BCUT2D eigenvalue weighted by Crippen LogP contribution is 2.15. The largest absolute Gasteiger partial charge is 0.399 e. The normalized spacial score (nSPS) is 16.2. The van der Waals surface area contributed by atoms with E-state index in [0.29, 0.717) is 18.8 Å². The van der Waals surface area contributed by atoms with Crippen LogP contribution in [0.1, 0.15) is 5.56 Å². The Labute approximate surface area is 100 Å². The van der Waals surface area contributed by atoms with Gasteiger partial charge in [0.25, 0.3) is 0 Å². The number of nitrogens with zero attached hydrogens (tertiary/aromatic N) is 1. The van der Waals surface area contributed by atoms with E-state index in [1.165, 1.54) is 0 Å². The van der Waals surface area contributed by atoms with E-state index in [-0.39, 0.29) is 18.4 Å². The fraction of sp³-hybridized carbons (Fsp3) is 0.308. The first kappa shape index (κ1) is 11.7. The lowest BCUT2D eigenvalue weighted by Gasteiger charge is -2.37. The van der Waals surface area contributed by atoms with Gasteiger partial charge in [0.1, 0.15) is 0 Å². The van der Waals surface area contributed by atoms with E-state index in [0.717, 1.165) is 5.56 Å². The second kappa shape index (κ2) is 5.01. The molecular weight excluding hydrogens is 216 g/mol. The van der Waals surface area contributed by atoms with Gasteiger partial charge in [0.2, 0.25) is 5.91 Å². The maximum atomic E-state index is 11.7. The quantitative estimate of drug-likeness (QED) is 0.596. The van der Waals surface area contributed by atoms with Crippen LogP contribution in [0.5, 0.6) is 0 Å². The standard InChI is InChI=1S/C13H16N2O2/c14-12-4-1-10(2-5-12)3-6-13(17)15-7-11(8-15)9-16/h1-6,11,16H,7-9,14H2/b6-3+. The van der Waals surface area contributed by atoms with Crippen LogP contribution in [-0.4, -0.2) is 35.6 Å². The molecule has 1 heterocycles. The number of nitrogens with two attached hydrogens (primary N) is 1. The number of carbonyl (C=O) groups is 1. The van der Waals surface area contributed by atoms with Gasteiger partial charge in [-0.1, -0.05) is 12.1 Å². The van der Waals surface area contributed by atoms with Crippen molar-refractivity contribution >= 4 is 17.7 Å². The Morgan fingerprint density at radius 1 is 1.41 bits per heavy atom. The minimum Gasteiger partial charge on any atom is -0.399 e. The van der Waals surface area contributed by atoms with Crippen molar-refractivity contribution in [2.75, 3.05) is 25.4 Å². The van der Waals surface area contributed by atoms with Crippen LogP contribution >= 0.6 is 0 Å². The number of amides is 1. The zero-order chi connectivity index (χ0) is 12.3. The average molecular weight is 232 g/mol. The summed E-state index contributed by atoms with van der Waals surface area (Å²) in [5, 5.41) is 8.85. The summed E-state index contributed by atoms with van der Waals surface area (Å²) in [6, 6.07) is 7.34. The number of likely N-dealkylation sites (tertiary alicyclic amines) is 1. The lowest BCUT2D eigenvalue weighted by atomic mass is 10.0. The van der Waals surface area contributed by atoms with E-state index in [9.17, 15) is 4.79 Å². The molecule has 0 saturated carbocycles. The van der Waals surface area contributed by atoms with Crippen molar-refractivity contribution in [2.24, 2.45) is 5.92 Å². The highest BCUT2D eigenvalue weighted by molar-refractivity contribution is 5.92. The van der Waals surface area contributed by atoms with Crippen LogP contribution in [0.4, 0.5) is 5.69 Å². The van der Waals surface area contributed by atoms with Crippen molar-refractivity contribution in [3.8, 4) is 0 Å². The van der Waals surface area contributed by atoms with Crippen LogP contribution in [0.2, 0.25) is 0 Å². The summed E-state index contributed by atoms with van der Waals surface area (Å²) in [5.74, 6) is 0.246. The molecular formula is C13H16N2O2. The molecule has 1 amide bonds. The molecule has 2 rings (SSSR count). The summed E-state index contributed by atoms with van der Waals surface area (Å²) >= 11 is 0. The van der Waals surface area contributed by atoms with Crippen LogP contribution < -0.4 is 5.73 Å². The molecule has 4 heteroatoms. The van der Waals surface area contributed by atoms with Crippen molar-refractivity contribution in [2.45, 2.75) is 0 Å². The predicted octanol–water partition coefficient (Wildman–Crippen LogP) is 0.733. The Kier molecular flexibility index (Phi) is 3.44. The van der Waals surface area contributed by atoms with E-state index in [4.69, 9.17) is 10.8 Å². The van der Waals surface area contributed by atoms with Crippen molar-refractivity contribution in [3.05, 3.63) is 35.9 Å². The molecule has 0 spiro atoms. The summed E-state index contributed by atoms with van der Waals surface area (Å²) < 4.78 is 0. The van der Waals surface area contributed by atoms with Crippen molar-refractivity contribution in [1.29, 1.82) is 0 Å². The molecule has 1 aliphatic rings. The summed E-state index contributed by atoms with van der Waals surface area (Å²) in [5.41, 5.74) is 7.23. The molecule has 0 unspecified atom stereocenters. The fourth-order valence-corrected chi connectivity index (χ4v) is 1.75. The lowest BCUT2D eigenvalue weighted by molar-refractivity contribution is -0.132.